The predicted molar refractivity (Wildman–Crippen MR) is 117 cm³/mol. The fourth-order valence-electron chi connectivity index (χ4n) is 4.84. The van der Waals surface area contributed by atoms with Crippen LogP contribution in [0.3, 0.4) is 0 Å². The molecule has 0 bridgehead atoms. The zero-order chi connectivity index (χ0) is 22.9. The summed E-state index contributed by atoms with van der Waals surface area (Å²) in [6.45, 7) is 7.16. The summed E-state index contributed by atoms with van der Waals surface area (Å²) in [6, 6.07) is 6.31. The lowest BCUT2D eigenvalue weighted by molar-refractivity contribution is -0.157. The summed E-state index contributed by atoms with van der Waals surface area (Å²) >= 11 is 0. The number of rotatable bonds is 4. The highest BCUT2D eigenvalue weighted by atomic mass is 16.6. The fourth-order valence-corrected chi connectivity index (χ4v) is 4.84. The van der Waals surface area contributed by atoms with Crippen LogP contribution in [-0.2, 0) is 14.3 Å². The molecule has 8 nitrogen and oxygen atoms in total. The average molecular weight is 432 g/mol. The number of hydrogen-bond donors (Lipinski definition) is 3. The van der Waals surface area contributed by atoms with E-state index in [4.69, 9.17) is 15.2 Å². The molecule has 4 N–H and O–H groups in total. The van der Waals surface area contributed by atoms with Gasteiger partial charge in [-0.2, -0.15) is 0 Å². The quantitative estimate of drug-likeness (QED) is 0.674. The van der Waals surface area contributed by atoms with E-state index >= 15 is 0 Å². The first-order valence-electron chi connectivity index (χ1n) is 10.9. The molecule has 1 spiro atoms. The molecule has 0 saturated heterocycles. The fraction of sp³-hybridized carbons (Fsp3) is 0.609. The second-order valence-corrected chi connectivity index (χ2v) is 9.47. The molecule has 1 heterocycles. The molecule has 1 saturated carbocycles. The van der Waals surface area contributed by atoms with Crippen molar-refractivity contribution in [1.29, 1.82) is 0 Å². The molecule has 1 aliphatic heterocycles. The summed E-state index contributed by atoms with van der Waals surface area (Å²) in [6.07, 6.45) is 3.24. The molecule has 2 atom stereocenters. The van der Waals surface area contributed by atoms with E-state index in [1.807, 2.05) is 18.2 Å². The number of nitrogens with one attached hydrogen (secondary N) is 2. The van der Waals surface area contributed by atoms with Gasteiger partial charge in [0.05, 0.1) is 5.69 Å². The third-order valence-electron chi connectivity index (χ3n) is 6.57. The number of amides is 3. The van der Waals surface area contributed by atoms with Crippen LogP contribution in [0, 0.1) is 5.41 Å². The molecule has 2 aliphatic rings. The zero-order valence-corrected chi connectivity index (χ0v) is 18.7. The maximum absolute atomic E-state index is 13.6. The highest BCUT2D eigenvalue weighted by molar-refractivity contribution is 6.01. The first-order valence-corrected chi connectivity index (χ1v) is 10.9. The van der Waals surface area contributed by atoms with Crippen LogP contribution >= 0.6 is 0 Å². The number of carbonyl (C=O) groups excluding carboxylic acids is 3. The minimum Gasteiger partial charge on any atom is -0.482 e. The van der Waals surface area contributed by atoms with Crippen LogP contribution in [0.15, 0.2) is 24.3 Å². The first kappa shape index (κ1) is 22.9. The van der Waals surface area contributed by atoms with Gasteiger partial charge in [-0.05, 0) is 44.2 Å². The molecular weight excluding hydrogens is 398 g/mol. The van der Waals surface area contributed by atoms with Gasteiger partial charge < -0.3 is 25.8 Å². The molecule has 31 heavy (non-hydrogen) atoms. The zero-order valence-electron chi connectivity index (χ0n) is 18.7. The Kier molecular flexibility index (Phi) is 6.21. The lowest BCUT2D eigenvalue weighted by Crippen LogP contribution is -2.67. The summed E-state index contributed by atoms with van der Waals surface area (Å²) in [4.78, 5) is 38.7. The predicted octanol–water partition coefficient (Wildman–Crippen LogP) is 3.50. The van der Waals surface area contributed by atoms with Crippen molar-refractivity contribution in [1.82, 2.24) is 5.32 Å². The van der Waals surface area contributed by atoms with Gasteiger partial charge in [0.25, 0.3) is 11.8 Å². The van der Waals surface area contributed by atoms with Gasteiger partial charge in [-0.15, -0.1) is 0 Å². The van der Waals surface area contributed by atoms with E-state index in [9.17, 15) is 14.4 Å². The van der Waals surface area contributed by atoms with E-state index in [1.165, 1.54) is 0 Å². The van der Waals surface area contributed by atoms with E-state index in [-0.39, 0.29) is 12.3 Å². The van der Waals surface area contributed by atoms with Gasteiger partial charge in [0.1, 0.15) is 17.4 Å². The molecule has 0 radical (unpaired) electrons. The lowest BCUT2D eigenvalue weighted by atomic mass is 9.73. The third kappa shape index (κ3) is 4.20. The number of nitrogens with two attached hydrogens (primary N) is 1. The molecular formula is C23H33N3O5. The highest BCUT2D eigenvalue weighted by Gasteiger charge is 2.55. The number of ether oxygens (including phenoxy) is 2. The van der Waals surface area contributed by atoms with Crippen LogP contribution in [-0.4, -0.2) is 35.2 Å². The molecule has 3 rings (SSSR count). The molecule has 1 aromatic rings. The van der Waals surface area contributed by atoms with E-state index in [2.05, 4.69) is 10.6 Å². The van der Waals surface area contributed by atoms with Crippen molar-refractivity contribution in [2.45, 2.75) is 83.5 Å². The summed E-state index contributed by atoms with van der Waals surface area (Å²) in [5.41, 5.74) is 2.72. The molecule has 1 fully saturated rings. The number of hydrogen-bond acceptors (Lipinski definition) is 5. The highest BCUT2D eigenvalue weighted by Crippen LogP contribution is 2.42. The van der Waals surface area contributed by atoms with Gasteiger partial charge in [0.2, 0.25) is 0 Å². The number of fused-ring (bicyclic) bond motifs is 1. The average Bonchev–Trinajstić information content (AvgIpc) is 2.80. The summed E-state index contributed by atoms with van der Waals surface area (Å²) in [5, 5.41) is 5.79. The van der Waals surface area contributed by atoms with Gasteiger partial charge in [-0.1, -0.05) is 46.2 Å². The van der Waals surface area contributed by atoms with Crippen molar-refractivity contribution in [2.75, 3.05) is 5.32 Å². The number of benzene rings is 1. The van der Waals surface area contributed by atoms with Crippen LogP contribution in [0.5, 0.6) is 5.75 Å². The molecule has 0 unspecified atom stereocenters. The summed E-state index contributed by atoms with van der Waals surface area (Å²) < 4.78 is 11.9. The first-order chi connectivity index (χ1) is 14.5. The van der Waals surface area contributed by atoms with E-state index in [1.54, 1.807) is 33.8 Å². The Bertz CT molecular complexity index is 857. The number of primary amides is 1. The molecule has 3 amide bonds. The normalized spacial score (nSPS) is 22.2. The van der Waals surface area contributed by atoms with Crippen molar-refractivity contribution in [3.05, 3.63) is 24.3 Å². The Hall–Kier alpha value is -2.77. The monoisotopic (exact) mass is 431 g/mol. The van der Waals surface area contributed by atoms with Crippen molar-refractivity contribution in [3.8, 4) is 5.75 Å². The van der Waals surface area contributed by atoms with E-state index in [0.29, 0.717) is 24.3 Å². The second-order valence-electron chi connectivity index (χ2n) is 9.47. The minimum atomic E-state index is -1.53. The van der Waals surface area contributed by atoms with Crippen LogP contribution in [0.1, 0.15) is 66.2 Å². The van der Waals surface area contributed by atoms with Gasteiger partial charge in [0.15, 0.2) is 5.60 Å². The topological polar surface area (TPSA) is 120 Å². The maximum atomic E-state index is 13.6. The maximum Gasteiger partial charge on any atom is 0.405 e. The molecule has 8 heteroatoms. The molecule has 1 aliphatic carbocycles. The number of carbonyl (C=O) groups is 3. The van der Waals surface area contributed by atoms with Crippen molar-refractivity contribution in [2.24, 2.45) is 11.1 Å². The van der Waals surface area contributed by atoms with Gasteiger partial charge in [-0.3, -0.25) is 9.59 Å². The van der Waals surface area contributed by atoms with Crippen LogP contribution in [0.4, 0.5) is 10.5 Å². The van der Waals surface area contributed by atoms with Crippen molar-refractivity contribution < 1.29 is 23.9 Å². The molecule has 1 aromatic carbocycles. The Labute approximate surface area is 183 Å². The van der Waals surface area contributed by atoms with Crippen LogP contribution in [0.2, 0.25) is 0 Å². The lowest BCUT2D eigenvalue weighted by Gasteiger charge is -2.45. The third-order valence-corrected chi connectivity index (χ3v) is 6.57. The molecule has 170 valence electrons. The largest absolute Gasteiger partial charge is 0.482 e. The van der Waals surface area contributed by atoms with Crippen LogP contribution in [0.25, 0.3) is 0 Å². The van der Waals surface area contributed by atoms with Crippen molar-refractivity contribution in [3.63, 3.8) is 0 Å². The summed E-state index contributed by atoms with van der Waals surface area (Å²) in [7, 11) is 0. The molecule has 0 aromatic heterocycles. The van der Waals surface area contributed by atoms with Gasteiger partial charge in [-0.25, -0.2) is 4.79 Å². The van der Waals surface area contributed by atoms with Crippen LogP contribution < -0.4 is 21.1 Å². The Morgan fingerprint density at radius 2 is 1.87 bits per heavy atom. The SMILES string of the molecule is CC[C@@](OC(N)=O)(C(=O)N[C@@H]1C(=O)Nc2ccccc2OC12CCCCC2)C(C)(C)C. The number of para-hydroxylation sites is 2. The minimum absolute atomic E-state index is 0.202. The second kappa shape index (κ2) is 8.40. The smallest absolute Gasteiger partial charge is 0.405 e. The standard InChI is InChI=1S/C23H33N3O5/c1-5-23(21(2,3)4,31-20(24)29)19(28)26-17-18(27)25-15-11-7-8-12-16(15)30-22(17)13-9-6-10-14-22/h7-8,11-12,17H,5-6,9-10,13-14H2,1-4H3,(H2,24,29)(H,25,27)(H,26,28)/t17-,23-/m1/s1. The Balaban J connectivity index is 2.01. The van der Waals surface area contributed by atoms with Crippen molar-refractivity contribution >= 4 is 23.6 Å². The van der Waals surface area contributed by atoms with E-state index < -0.39 is 34.7 Å². The number of anilines is 1. The Morgan fingerprint density at radius 3 is 2.45 bits per heavy atom. The Morgan fingerprint density at radius 1 is 1.23 bits per heavy atom. The van der Waals surface area contributed by atoms with Gasteiger partial charge >= 0.3 is 6.09 Å². The van der Waals surface area contributed by atoms with Gasteiger partial charge in [0, 0.05) is 5.41 Å². The van der Waals surface area contributed by atoms with E-state index in [0.717, 1.165) is 19.3 Å². The summed E-state index contributed by atoms with van der Waals surface area (Å²) in [5.74, 6) is -0.320.